The Labute approximate surface area is 227 Å². The molecule has 3 aromatic carbocycles. The number of rotatable bonds is 12. The summed E-state index contributed by atoms with van der Waals surface area (Å²) in [5.41, 5.74) is 2.63. The zero-order valence-corrected chi connectivity index (χ0v) is 22.9. The maximum absolute atomic E-state index is 13.5. The molecule has 0 saturated heterocycles. The van der Waals surface area contributed by atoms with E-state index in [4.69, 9.17) is 4.74 Å². The van der Waals surface area contributed by atoms with Crippen LogP contribution >= 0.6 is 0 Å². The zero-order chi connectivity index (χ0) is 28.6. The number of nitrogens with one attached hydrogen (secondary N) is 2. The number of hydrogen-bond donors (Lipinski definition) is 2. The van der Waals surface area contributed by atoms with Gasteiger partial charge in [0.2, 0.25) is 5.91 Å². The minimum atomic E-state index is -4.40. The number of sulfonamides is 1. The Kier molecular flexibility index (Phi) is 10.3. The normalized spacial score (nSPS) is 12.3. The predicted octanol–water partition coefficient (Wildman–Crippen LogP) is 5.07. The molecular weight excluding hydrogens is 526 g/mol. The average Bonchev–Trinajstić information content (AvgIpc) is 2.89. The number of benzene rings is 3. The van der Waals surface area contributed by atoms with E-state index in [9.17, 15) is 26.8 Å². The third-order valence-corrected chi connectivity index (χ3v) is 7.39. The molecule has 3 aromatic rings. The highest BCUT2D eigenvalue weighted by Gasteiger charge is 2.22. The number of halogens is 2. The van der Waals surface area contributed by atoms with Crippen molar-refractivity contribution in [3.8, 4) is 0 Å². The molecule has 0 aliphatic carbocycles. The lowest BCUT2D eigenvalue weighted by molar-refractivity contribution is -0.119. The molecule has 0 radical (unpaired) electrons. The lowest BCUT2D eigenvalue weighted by Gasteiger charge is -2.22. The van der Waals surface area contributed by atoms with Crippen LogP contribution < -0.4 is 10.0 Å². The van der Waals surface area contributed by atoms with E-state index < -0.39 is 32.5 Å². The number of aryl methyl sites for hydroxylation is 1. The third-order valence-electron chi connectivity index (χ3n) is 6.02. The molecule has 0 saturated carbocycles. The number of ether oxygens (including phenoxy) is 1. The van der Waals surface area contributed by atoms with Crippen LogP contribution in [0.3, 0.4) is 0 Å². The first-order valence-electron chi connectivity index (χ1n) is 12.5. The summed E-state index contributed by atoms with van der Waals surface area (Å²) in [6.07, 6.45) is 0.517. The summed E-state index contributed by atoms with van der Waals surface area (Å²) in [5.74, 6) is -3.41. The van der Waals surface area contributed by atoms with E-state index >= 15 is 0 Å². The summed E-state index contributed by atoms with van der Waals surface area (Å²) in [6.45, 7) is 4.42. The summed E-state index contributed by atoms with van der Waals surface area (Å²) in [5, 5.41) is 3.11. The van der Waals surface area contributed by atoms with Gasteiger partial charge in [0.1, 0.15) is 0 Å². The molecule has 0 bridgehead atoms. The van der Waals surface area contributed by atoms with E-state index in [1.165, 1.54) is 0 Å². The summed E-state index contributed by atoms with van der Waals surface area (Å²) in [6, 6.07) is 16.6. The summed E-state index contributed by atoms with van der Waals surface area (Å²) in [4.78, 5) is 25.4. The molecule has 1 unspecified atom stereocenters. The zero-order valence-electron chi connectivity index (χ0n) is 22.0. The Morgan fingerprint density at radius 3 is 2.31 bits per heavy atom. The van der Waals surface area contributed by atoms with Crippen LogP contribution in [-0.4, -0.2) is 27.3 Å². The molecule has 0 spiro atoms. The van der Waals surface area contributed by atoms with E-state index in [0.717, 1.165) is 17.2 Å². The molecule has 2 amide bonds. The minimum absolute atomic E-state index is 0.0648. The van der Waals surface area contributed by atoms with E-state index in [-0.39, 0.29) is 31.4 Å². The Bertz CT molecular complexity index is 1410. The smallest absolute Gasteiger partial charge is 0.264 e. The maximum Gasteiger partial charge on any atom is 0.264 e. The van der Waals surface area contributed by atoms with Gasteiger partial charge in [0, 0.05) is 19.1 Å². The molecule has 1 atom stereocenters. The van der Waals surface area contributed by atoms with Gasteiger partial charge in [-0.15, -0.1) is 0 Å². The topological polar surface area (TPSA) is 102 Å². The second-order valence-corrected chi connectivity index (χ2v) is 11.3. The highest BCUT2D eigenvalue weighted by atomic mass is 32.2. The van der Waals surface area contributed by atoms with Gasteiger partial charge >= 0.3 is 0 Å². The molecule has 0 heterocycles. The van der Waals surface area contributed by atoms with Gasteiger partial charge in [-0.1, -0.05) is 56.3 Å². The van der Waals surface area contributed by atoms with Gasteiger partial charge in [0.15, 0.2) is 11.6 Å². The number of methoxy groups -OCH3 is 1. The van der Waals surface area contributed by atoms with Crippen molar-refractivity contribution >= 4 is 21.8 Å². The van der Waals surface area contributed by atoms with Crippen LogP contribution in [-0.2, 0) is 32.6 Å². The monoisotopic (exact) mass is 558 g/mol. The van der Waals surface area contributed by atoms with Gasteiger partial charge < -0.3 is 10.1 Å². The number of carbonyl (C=O) groups excluding carboxylic acids is 2. The third kappa shape index (κ3) is 8.43. The Balaban J connectivity index is 1.79. The number of carbonyl (C=O) groups is 2. The van der Waals surface area contributed by atoms with Crippen molar-refractivity contribution < 1.29 is 31.5 Å². The fourth-order valence-corrected chi connectivity index (χ4v) is 5.16. The highest BCUT2D eigenvalue weighted by molar-refractivity contribution is 7.90. The van der Waals surface area contributed by atoms with Crippen molar-refractivity contribution in [2.45, 2.75) is 50.7 Å². The van der Waals surface area contributed by atoms with Gasteiger partial charge in [-0.3, -0.25) is 9.59 Å². The van der Waals surface area contributed by atoms with Gasteiger partial charge in [-0.05, 0) is 59.7 Å². The first-order valence-corrected chi connectivity index (χ1v) is 14.0. The van der Waals surface area contributed by atoms with Crippen LogP contribution in [0.5, 0.6) is 0 Å². The van der Waals surface area contributed by atoms with Crippen LogP contribution in [0.4, 0.5) is 8.78 Å². The quantitative estimate of drug-likeness (QED) is 0.323. The molecule has 10 heteroatoms. The van der Waals surface area contributed by atoms with E-state index in [0.29, 0.717) is 35.6 Å². The lowest BCUT2D eigenvalue weighted by atomic mass is 9.95. The Hall–Kier alpha value is -3.63. The number of amides is 2. The Morgan fingerprint density at radius 2 is 1.67 bits per heavy atom. The molecule has 0 aliphatic rings. The van der Waals surface area contributed by atoms with Crippen molar-refractivity contribution in [1.29, 1.82) is 0 Å². The summed E-state index contributed by atoms with van der Waals surface area (Å²) in [7, 11) is -2.86. The lowest BCUT2D eigenvalue weighted by Crippen LogP contribution is -2.32. The maximum atomic E-state index is 13.5. The second-order valence-electron chi connectivity index (χ2n) is 9.60. The molecule has 39 heavy (non-hydrogen) atoms. The molecule has 3 rings (SSSR count). The molecular formula is C29H32F2N2O5S. The van der Waals surface area contributed by atoms with Crippen molar-refractivity contribution in [1.82, 2.24) is 10.0 Å². The van der Waals surface area contributed by atoms with Gasteiger partial charge in [0.25, 0.3) is 15.9 Å². The first kappa shape index (κ1) is 29.9. The van der Waals surface area contributed by atoms with Gasteiger partial charge in [-0.2, -0.15) is 0 Å². The summed E-state index contributed by atoms with van der Waals surface area (Å²) < 4.78 is 58.7. The van der Waals surface area contributed by atoms with E-state index in [1.807, 2.05) is 35.1 Å². The van der Waals surface area contributed by atoms with Gasteiger partial charge in [0.05, 0.1) is 17.5 Å². The number of hydrogen-bond acceptors (Lipinski definition) is 5. The van der Waals surface area contributed by atoms with E-state index in [2.05, 4.69) is 19.2 Å². The van der Waals surface area contributed by atoms with Crippen LogP contribution in [0.25, 0.3) is 0 Å². The van der Waals surface area contributed by atoms with Crippen molar-refractivity contribution in [2.24, 2.45) is 5.92 Å². The standard InChI is InChI=1S/C29H32F2N2O5S/c1-19(2)15-27(22-7-5-4-6-8-22)32-29(35)24-16-20(18-38-3)9-10-21(24)11-14-28(34)33-39(36,37)23-12-13-25(30)26(31)17-23/h4-10,12-13,16-17,19,27H,11,14-15,18H2,1-3H3,(H,32,35)(H,33,34). The van der Waals surface area contributed by atoms with E-state index in [1.54, 1.807) is 25.3 Å². The van der Waals surface area contributed by atoms with Crippen molar-refractivity contribution in [3.63, 3.8) is 0 Å². The van der Waals surface area contributed by atoms with Crippen LogP contribution in [0.2, 0.25) is 0 Å². The molecule has 2 N–H and O–H groups in total. The largest absolute Gasteiger partial charge is 0.380 e. The Morgan fingerprint density at radius 1 is 0.949 bits per heavy atom. The van der Waals surface area contributed by atoms with Crippen molar-refractivity contribution in [2.75, 3.05) is 7.11 Å². The molecule has 0 aromatic heterocycles. The molecule has 0 aliphatic heterocycles. The average molecular weight is 559 g/mol. The SMILES string of the molecule is COCc1ccc(CCC(=O)NS(=O)(=O)c2ccc(F)c(F)c2)c(C(=O)NC(CC(C)C)c2ccccc2)c1. The second kappa shape index (κ2) is 13.4. The molecule has 208 valence electrons. The molecule has 7 nitrogen and oxygen atoms in total. The summed E-state index contributed by atoms with van der Waals surface area (Å²) >= 11 is 0. The fourth-order valence-electron chi connectivity index (χ4n) is 4.13. The first-order chi connectivity index (χ1) is 18.5. The van der Waals surface area contributed by atoms with Gasteiger partial charge in [-0.25, -0.2) is 21.9 Å². The minimum Gasteiger partial charge on any atom is -0.380 e. The highest BCUT2D eigenvalue weighted by Crippen LogP contribution is 2.23. The van der Waals surface area contributed by atoms with Crippen molar-refractivity contribution in [3.05, 3.63) is 101 Å². The fraction of sp³-hybridized carbons (Fsp3) is 0.310. The van der Waals surface area contributed by atoms with Crippen LogP contribution in [0.1, 0.15) is 59.8 Å². The molecule has 0 fully saturated rings. The van der Waals surface area contributed by atoms with Crippen LogP contribution in [0.15, 0.2) is 71.6 Å². The van der Waals surface area contributed by atoms with Crippen LogP contribution in [0, 0.1) is 17.6 Å². The predicted molar refractivity (Wildman–Crippen MR) is 143 cm³/mol.